The molecule has 1 atom stereocenters. The van der Waals surface area contributed by atoms with Gasteiger partial charge in [0.2, 0.25) is 5.91 Å². The van der Waals surface area contributed by atoms with Crippen molar-refractivity contribution in [3.63, 3.8) is 0 Å². The molecule has 4 rings (SSSR count). The molecule has 8 heteroatoms. The summed E-state index contributed by atoms with van der Waals surface area (Å²) < 4.78 is 2.90. The molecule has 1 aliphatic rings. The van der Waals surface area contributed by atoms with Crippen LogP contribution in [0.5, 0.6) is 0 Å². The Hall–Kier alpha value is -2.71. The first-order valence-corrected chi connectivity index (χ1v) is 11.5. The summed E-state index contributed by atoms with van der Waals surface area (Å²) >= 11 is 1.54. The Kier molecular flexibility index (Phi) is 6.38. The van der Waals surface area contributed by atoms with Crippen LogP contribution in [0.4, 0.5) is 0 Å². The number of thiazole rings is 1. The molecule has 1 aliphatic heterocycles. The highest BCUT2D eigenvalue weighted by molar-refractivity contribution is 7.20. The molecule has 164 valence electrons. The lowest BCUT2D eigenvalue weighted by Gasteiger charge is -2.35. The Morgan fingerprint density at radius 1 is 1.13 bits per heavy atom. The number of likely N-dealkylation sites (N-methyl/N-ethyl adjacent to an activating group) is 1. The molecule has 0 spiro atoms. The summed E-state index contributed by atoms with van der Waals surface area (Å²) in [7, 11) is 2.06. The van der Waals surface area contributed by atoms with Crippen LogP contribution in [0, 0.1) is 5.92 Å². The SMILES string of the molecule is CC(C)C[C@@H](NC(=O)c1ccc2nc(-n3cccc3)sc2c1)C(=O)N1CCN(C)CC1. The molecule has 0 radical (unpaired) electrons. The maximum Gasteiger partial charge on any atom is 0.251 e. The van der Waals surface area contributed by atoms with Crippen LogP contribution >= 0.6 is 11.3 Å². The van der Waals surface area contributed by atoms with Crippen LogP contribution in [0.1, 0.15) is 30.6 Å². The molecular weight excluding hydrogens is 410 g/mol. The van der Waals surface area contributed by atoms with Gasteiger partial charge in [0.05, 0.1) is 10.2 Å². The van der Waals surface area contributed by atoms with Crippen LogP contribution in [0.3, 0.4) is 0 Å². The number of fused-ring (bicyclic) bond motifs is 1. The smallest absolute Gasteiger partial charge is 0.251 e. The zero-order valence-corrected chi connectivity index (χ0v) is 19.1. The van der Waals surface area contributed by atoms with Crippen LogP contribution in [-0.4, -0.2) is 70.4 Å². The van der Waals surface area contributed by atoms with E-state index >= 15 is 0 Å². The minimum atomic E-state index is -0.511. The van der Waals surface area contributed by atoms with Crippen LogP contribution in [-0.2, 0) is 4.79 Å². The summed E-state index contributed by atoms with van der Waals surface area (Å²) in [4.78, 5) is 34.9. The fraction of sp³-hybridized carbons (Fsp3) is 0.435. The van der Waals surface area contributed by atoms with E-state index in [-0.39, 0.29) is 11.8 Å². The second kappa shape index (κ2) is 9.20. The van der Waals surface area contributed by atoms with E-state index in [0.29, 0.717) is 31.0 Å². The third kappa shape index (κ3) is 4.97. The van der Waals surface area contributed by atoms with Crippen molar-refractivity contribution in [2.45, 2.75) is 26.3 Å². The number of nitrogens with zero attached hydrogens (tertiary/aromatic N) is 4. The van der Waals surface area contributed by atoms with Gasteiger partial charge in [0.1, 0.15) is 6.04 Å². The molecule has 1 saturated heterocycles. The summed E-state index contributed by atoms with van der Waals surface area (Å²) in [5, 5.41) is 3.87. The van der Waals surface area contributed by atoms with E-state index in [0.717, 1.165) is 28.4 Å². The monoisotopic (exact) mass is 439 g/mol. The first kappa shape index (κ1) is 21.5. The van der Waals surface area contributed by atoms with Gasteiger partial charge in [-0.1, -0.05) is 25.2 Å². The minimum absolute atomic E-state index is 0.0175. The van der Waals surface area contributed by atoms with Crippen molar-refractivity contribution in [3.05, 3.63) is 48.3 Å². The van der Waals surface area contributed by atoms with E-state index < -0.39 is 6.04 Å². The maximum atomic E-state index is 13.1. The lowest BCUT2D eigenvalue weighted by molar-refractivity contribution is -0.135. The Morgan fingerprint density at radius 2 is 1.84 bits per heavy atom. The predicted molar refractivity (Wildman–Crippen MR) is 124 cm³/mol. The molecule has 2 aromatic heterocycles. The first-order chi connectivity index (χ1) is 14.9. The van der Waals surface area contributed by atoms with Crippen molar-refractivity contribution >= 4 is 33.4 Å². The van der Waals surface area contributed by atoms with Gasteiger partial charge in [-0.2, -0.15) is 0 Å². The average Bonchev–Trinajstić information content (AvgIpc) is 3.42. The van der Waals surface area contributed by atoms with E-state index in [9.17, 15) is 9.59 Å². The highest BCUT2D eigenvalue weighted by Crippen LogP contribution is 2.26. The lowest BCUT2D eigenvalue weighted by atomic mass is 10.0. The van der Waals surface area contributed by atoms with E-state index in [1.54, 1.807) is 6.07 Å². The molecular formula is C23H29N5O2S. The van der Waals surface area contributed by atoms with Gasteiger partial charge in [0, 0.05) is 44.1 Å². The summed E-state index contributed by atoms with van der Waals surface area (Å²) in [6, 6.07) is 8.91. The van der Waals surface area contributed by atoms with Gasteiger partial charge in [-0.15, -0.1) is 0 Å². The molecule has 0 aliphatic carbocycles. The van der Waals surface area contributed by atoms with E-state index in [4.69, 9.17) is 0 Å². The molecule has 3 aromatic rings. The quantitative estimate of drug-likeness (QED) is 0.641. The molecule has 1 N–H and O–H groups in total. The number of nitrogens with one attached hydrogen (secondary N) is 1. The normalized spacial score (nSPS) is 16.1. The van der Waals surface area contributed by atoms with Crippen molar-refractivity contribution in [2.24, 2.45) is 5.92 Å². The third-order valence-corrected chi connectivity index (χ3v) is 6.62. The standard InChI is InChI=1S/C23H29N5O2S/c1-16(2)14-19(22(30)27-12-10-26(3)11-13-27)24-21(29)17-6-7-18-20(15-17)31-23(25-18)28-8-4-5-9-28/h4-9,15-16,19H,10-14H2,1-3H3,(H,24,29)/t19-/m1/s1. The summed E-state index contributed by atoms with van der Waals surface area (Å²) in [5.74, 6) is 0.102. The zero-order valence-electron chi connectivity index (χ0n) is 18.2. The minimum Gasteiger partial charge on any atom is -0.340 e. The molecule has 7 nitrogen and oxygen atoms in total. The van der Waals surface area contributed by atoms with Gasteiger partial charge in [-0.25, -0.2) is 4.98 Å². The predicted octanol–water partition coefficient (Wildman–Crippen LogP) is 3.01. The zero-order chi connectivity index (χ0) is 22.0. The Bertz CT molecular complexity index is 1050. The van der Waals surface area contributed by atoms with Gasteiger partial charge in [-0.05, 0) is 49.7 Å². The van der Waals surface area contributed by atoms with E-state index in [1.807, 2.05) is 46.1 Å². The number of carbonyl (C=O) groups excluding carboxylic acids is 2. The van der Waals surface area contributed by atoms with E-state index in [2.05, 4.69) is 36.1 Å². The van der Waals surface area contributed by atoms with Gasteiger partial charge < -0.3 is 19.7 Å². The molecule has 1 aromatic carbocycles. The second-order valence-corrected chi connectivity index (χ2v) is 9.56. The Labute approximate surface area is 186 Å². The Balaban J connectivity index is 1.51. The number of piperazine rings is 1. The number of aromatic nitrogens is 2. The van der Waals surface area contributed by atoms with Crippen molar-refractivity contribution < 1.29 is 9.59 Å². The third-order valence-electron chi connectivity index (χ3n) is 5.59. The number of amides is 2. The topological polar surface area (TPSA) is 70.5 Å². The molecule has 2 amide bonds. The van der Waals surface area contributed by atoms with Crippen LogP contribution in [0.25, 0.3) is 15.3 Å². The number of rotatable bonds is 6. The van der Waals surface area contributed by atoms with E-state index in [1.165, 1.54) is 11.3 Å². The van der Waals surface area contributed by atoms with Crippen molar-refractivity contribution in [2.75, 3.05) is 33.2 Å². The largest absolute Gasteiger partial charge is 0.340 e. The second-order valence-electron chi connectivity index (χ2n) is 8.55. The highest BCUT2D eigenvalue weighted by atomic mass is 32.1. The van der Waals surface area contributed by atoms with Crippen LogP contribution in [0.2, 0.25) is 0 Å². The number of carbonyl (C=O) groups is 2. The molecule has 31 heavy (non-hydrogen) atoms. The fourth-order valence-electron chi connectivity index (χ4n) is 3.81. The van der Waals surface area contributed by atoms with Crippen LogP contribution < -0.4 is 5.32 Å². The lowest BCUT2D eigenvalue weighted by Crippen LogP contribution is -2.54. The van der Waals surface area contributed by atoms with Gasteiger partial charge in [0.25, 0.3) is 5.91 Å². The number of hydrogen-bond donors (Lipinski definition) is 1. The highest BCUT2D eigenvalue weighted by Gasteiger charge is 2.29. The molecule has 0 bridgehead atoms. The van der Waals surface area contributed by atoms with Crippen molar-refractivity contribution in [3.8, 4) is 5.13 Å². The molecule has 0 unspecified atom stereocenters. The Morgan fingerprint density at radius 3 is 2.52 bits per heavy atom. The molecule has 1 fully saturated rings. The molecule has 3 heterocycles. The summed E-state index contributed by atoms with van der Waals surface area (Å²) in [6.07, 6.45) is 4.52. The van der Waals surface area contributed by atoms with Gasteiger partial charge in [0.15, 0.2) is 5.13 Å². The van der Waals surface area contributed by atoms with Crippen molar-refractivity contribution in [1.82, 2.24) is 24.7 Å². The summed E-state index contributed by atoms with van der Waals surface area (Å²) in [6.45, 7) is 7.27. The number of hydrogen-bond acceptors (Lipinski definition) is 5. The van der Waals surface area contributed by atoms with Gasteiger partial charge in [-0.3, -0.25) is 9.59 Å². The van der Waals surface area contributed by atoms with Gasteiger partial charge >= 0.3 is 0 Å². The molecule has 0 saturated carbocycles. The summed E-state index contributed by atoms with van der Waals surface area (Å²) in [5.41, 5.74) is 1.41. The average molecular weight is 440 g/mol. The number of benzene rings is 1. The van der Waals surface area contributed by atoms with Crippen molar-refractivity contribution in [1.29, 1.82) is 0 Å². The first-order valence-electron chi connectivity index (χ1n) is 10.7. The van der Waals surface area contributed by atoms with Crippen LogP contribution in [0.15, 0.2) is 42.7 Å². The fourth-order valence-corrected chi connectivity index (χ4v) is 4.78. The maximum absolute atomic E-state index is 13.1.